The summed E-state index contributed by atoms with van der Waals surface area (Å²) < 4.78 is 1.71. The molecule has 1 aromatic heterocycles. The molecule has 19 heavy (non-hydrogen) atoms. The number of hydrogen-bond donors (Lipinski definition) is 1. The van der Waals surface area contributed by atoms with E-state index in [1.54, 1.807) is 4.68 Å². The summed E-state index contributed by atoms with van der Waals surface area (Å²) in [7, 11) is 2.15. The summed E-state index contributed by atoms with van der Waals surface area (Å²) in [6, 6.07) is 0. The number of carboxylic acids is 1. The van der Waals surface area contributed by atoms with E-state index in [4.69, 9.17) is 5.11 Å². The van der Waals surface area contributed by atoms with Gasteiger partial charge in [-0.15, -0.1) is 5.10 Å². The van der Waals surface area contributed by atoms with Gasteiger partial charge in [-0.1, -0.05) is 11.8 Å². The Morgan fingerprint density at radius 1 is 1.47 bits per heavy atom. The molecule has 2 rings (SSSR count). The molecule has 1 aliphatic heterocycles. The fourth-order valence-corrected chi connectivity index (χ4v) is 2.85. The van der Waals surface area contributed by atoms with E-state index in [1.165, 1.54) is 24.6 Å². The highest BCUT2D eigenvalue weighted by Gasteiger charge is 2.17. The third-order valence-electron chi connectivity index (χ3n) is 3.41. The molecule has 0 atom stereocenters. The van der Waals surface area contributed by atoms with Crippen LogP contribution < -0.4 is 0 Å². The summed E-state index contributed by atoms with van der Waals surface area (Å²) >= 11 is 1.17. The molecule has 0 unspecified atom stereocenters. The van der Waals surface area contributed by atoms with Gasteiger partial charge in [0.25, 0.3) is 0 Å². The molecule has 1 aliphatic rings. The Hall–Kier alpha value is -1.15. The van der Waals surface area contributed by atoms with Crippen LogP contribution in [0.4, 0.5) is 0 Å². The van der Waals surface area contributed by atoms with Crippen molar-refractivity contribution < 1.29 is 9.90 Å². The van der Waals surface area contributed by atoms with Crippen molar-refractivity contribution in [3.05, 3.63) is 0 Å². The Morgan fingerprint density at radius 2 is 2.21 bits per heavy atom. The molecule has 0 saturated carbocycles. The second kappa shape index (κ2) is 6.85. The molecule has 1 saturated heterocycles. The van der Waals surface area contributed by atoms with Gasteiger partial charge < -0.3 is 10.0 Å². The van der Waals surface area contributed by atoms with Crippen molar-refractivity contribution in [2.24, 2.45) is 5.92 Å². The van der Waals surface area contributed by atoms with Crippen LogP contribution in [0.5, 0.6) is 0 Å². The van der Waals surface area contributed by atoms with E-state index < -0.39 is 5.97 Å². The number of aromatic nitrogens is 4. The summed E-state index contributed by atoms with van der Waals surface area (Å²) in [5.41, 5.74) is 0. The lowest BCUT2D eigenvalue weighted by atomic mass is 9.94. The topological polar surface area (TPSA) is 84.1 Å². The lowest BCUT2D eigenvalue weighted by molar-refractivity contribution is -0.133. The van der Waals surface area contributed by atoms with Gasteiger partial charge >= 0.3 is 5.97 Å². The fraction of sp³-hybridized carbons (Fsp3) is 0.818. The molecule has 0 aromatic carbocycles. The number of tetrazole rings is 1. The van der Waals surface area contributed by atoms with Gasteiger partial charge in [0.1, 0.15) is 0 Å². The molecular formula is C11H19N5O2S. The SMILES string of the molecule is CN1CCC(CCn2nnnc2SCC(=O)O)CC1. The van der Waals surface area contributed by atoms with Crippen molar-refractivity contribution in [3.63, 3.8) is 0 Å². The molecular weight excluding hydrogens is 266 g/mol. The summed E-state index contributed by atoms with van der Waals surface area (Å²) in [5, 5.41) is 20.7. The van der Waals surface area contributed by atoms with Gasteiger partial charge in [-0.05, 0) is 55.7 Å². The molecule has 106 valence electrons. The maximum atomic E-state index is 10.5. The van der Waals surface area contributed by atoms with Crippen LogP contribution >= 0.6 is 11.8 Å². The Labute approximate surface area is 116 Å². The summed E-state index contributed by atoms with van der Waals surface area (Å²) in [6.45, 7) is 3.07. The third kappa shape index (κ3) is 4.46. The molecule has 1 N–H and O–H groups in total. The molecule has 1 aromatic rings. The van der Waals surface area contributed by atoms with Crippen LogP contribution in [-0.4, -0.2) is 62.1 Å². The van der Waals surface area contributed by atoms with E-state index in [-0.39, 0.29) is 5.75 Å². The molecule has 0 spiro atoms. The molecule has 0 bridgehead atoms. The predicted molar refractivity (Wildman–Crippen MR) is 71.0 cm³/mol. The number of hydrogen-bond acceptors (Lipinski definition) is 6. The minimum atomic E-state index is -0.852. The zero-order valence-corrected chi connectivity index (χ0v) is 11.8. The summed E-state index contributed by atoms with van der Waals surface area (Å²) in [4.78, 5) is 12.9. The van der Waals surface area contributed by atoms with Gasteiger partial charge in [0, 0.05) is 6.54 Å². The first-order valence-corrected chi connectivity index (χ1v) is 7.43. The van der Waals surface area contributed by atoms with Crippen molar-refractivity contribution in [1.82, 2.24) is 25.1 Å². The maximum absolute atomic E-state index is 10.5. The minimum Gasteiger partial charge on any atom is -0.481 e. The number of carboxylic acid groups (broad SMARTS) is 1. The average Bonchev–Trinajstić information content (AvgIpc) is 2.83. The highest BCUT2D eigenvalue weighted by Crippen LogP contribution is 2.21. The number of aliphatic carboxylic acids is 1. The van der Waals surface area contributed by atoms with Crippen LogP contribution in [0, 0.1) is 5.92 Å². The minimum absolute atomic E-state index is 0.00536. The maximum Gasteiger partial charge on any atom is 0.313 e. The van der Waals surface area contributed by atoms with Crippen LogP contribution in [0.25, 0.3) is 0 Å². The fourth-order valence-electron chi connectivity index (χ4n) is 2.22. The molecule has 7 nitrogen and oxygen atoms in total. The number of piperidine rings is 1. The zero-order valence-electron chi connectivity index (χ0n) is 11.0. The van der Waals surface area contributed by atoms with Crippen LogP contribution in [0.1, 0.15) is 19.3 Å². The van der Waals surface area contributed by atoms with E-state index in [9.17, 15) is 4.79 Å². The van der Waals surface area contributed by atoms with Crippen LogP contribution in [0.3, 0.4) is 0 Å². The van der Waals surface area contributed by atoms with Crippen molar-refractivity contribution in [3.8, 4) is 0 Å². The first-order chi connectivity index (χ1) is 9.15. The zero-order chi connectivity index (χ0) is 13.7. The predicted octanol–water partition coefficient (Wildman–Crippen LogP) is 0.582. The smallest absolute Gasteiger partial charge is 0.313 e. The molecule has 0 amide bonds. The van der Waals surface area contributed by atoms with Crippen molar-refractivity contribution in [2.75, 3.05) is 25.9 Å². The van der Waals surface area contributed by atoms with Crippen LogP contribution in [0.2, 0.25) is 0 Å². The van der Waals surface area contributed by atoms with Gasteiger partial charge in [-0.25, -0.2) is 4.68 Å². The third-order valence-corrected chi connectivity index (χ3v) is 4.35. The normalized spacial score (nSPS) is 17.7. The number of aryl methyl sites for hydroxylation is 1. The summed E-state index contributed by atoms with van der Waals surface area (Å²) in [6.07, 6.45) is 3.49. The van der Waals surface area contributed by atoms with Gasteiger partial charge in [-0.2, -0.15) is 0 Å². The Morgan fingerprint density at radius 3 is 2.89 bits per heavy atom. The molecule has 0 aliphatic carbocycles. The largest absolute Gasteiger partial charge is 0.481 e. The highest BCUT2D eigenvalue weighted by molar-refractivity contribution is 7.99. The van der Waals surface area contributed by atoms with E-state index in [1.807, 2.05) is 0 Å². The molecule has 8 heteroatoms. The van der Waals surface area contributed by atoms with Gasteiger partial charge in [0.15, 0.2) is 0 Å². The van der Waals surface area contributed by atoms with Crippen molar-refractivity contribution >= 4 is 17.7 Å². The first-order valence-electron chi connectivity index (χ1n) is 6.44. The van der Waals surface area contributed by atoms with E-state index in [2.05, 4.69) is 27.5 Å². The molecule has 0 radical (unpaired) electrons. The van der Waals surface area contributed by atoms with Crippen molar-refractivity contribution in [1.29, 1.82) is 0 Å². The second-order valence-corrected chi connectivity index (χ2v) is 5.84. The van der Waals surface area contributed by atoms with Gasteiger partial charge in [0.05, 0.1) is 5.75 Å². The van der Waals surface area contributed by atoms with Gasteiger partial charge in [-0.3, -0.25) is 4.79 Å². The summed E-state index contributed by atoms with van der Waals surface area (Å²) in [5.74, 6) is -0.137. The quantitative estimate of drug-likeness (QED) is 0.765. The van der Waals surface area contributed by atoms with Crippen LogP contribution in [-0.2, 0) is 11.3 Å². The van der Waals surface area contributed by atoms with E-state index >= 15 is 0 Å². The van der Waals surface area contributed by atoms with Crippen molar-refractivity contribution in [2.45, 2.75) is 31.0 Å². The number of likely N-dealkylation sites (tertiary alicyclic amines) is 1. The van der Waals surface area contributed by atoms with E-state index in [0.29, 0.717) is 5.16 Å². The molecule has 2 heterocycles. The number of carbonyl (C=O) groups is 1. The first kappa shape index (κ1) is 14.3. The van der Waals surface area contributed by atoms with Gasteiger partial charge in [0.2, 0.25) is 5.16 Å². The van der Waals surface area contributed by atoms with E-state index in [0.717, 1.165) is 32.0 Å². The highest BCUT2D eigenvalue weighted by atomic mass is 32.2. The Bertz CT molecular complexity index is 417. The Kier molecular flexibility index (Phi) is 5.15. The average molecular weight is 285 g/mol. The Balaban J connectivity index is 1.79. The number of rotatable bonds is 6. The monoisotopic (exact) mass is 285 g/mol. The number of thioether (sulfide) groups is 1. The lowest BCUT2D eigenvalue weighted by Gasteiger charge is -2.28. The molecule has 1 fully saturated rings. The number of nitrogens with zero attached hydrogens (tertiary/aromatic N) is 5. The van der Waals surface area contributed by atoms with Crippen LogP contribution in [0.15, 0.2) is 5.16 Å². The second-order valence-electron chi connectivity index (χ2n) is 4.90. The lowest BCUT2D eigenvalue weighted by Crippen LogP contribution is -2.30. The standard InChI is InChI=1S/C11H19N5O2S/c1-15-5-2-9(3-6-15)4-7-16-11(12-13-14-16)19-8-10(17)18/h9H,2-8H2,1H3,(H,17,18).